The van der Waals surface area contributed by atoms with Crippen LogP contribution >= 0.6 is 0 Å². The Bertz CT molecular complexity index is 998. The molecular formula is C22H24F5N5O2. The number of halogens is 5. The maximum absolute atomic E-state index is 12.7. The lowest BCUT2D eigenvalue weighted by Crippen LogP contribution is -2.48. The van der Waals surface area contributed by atoms with Gasteiger partial charge in [-0.1, -0.05) is 6.07 Å². The highest BCUT2D eigenvalue weighted by molar-refractivity contribution is 5.93. The molecule has 1 aliphatic heterocycles. The topological polar surface area (TPSA) is 70.6 Å². The van der Waals surface area contributed by atoms with E-state index >= 15 is 0 Å². The van der Waals surface area contributed by atoms with Crippen molar-refractivity contribution >= 4 is 11.9 Å². The van der Waals surface area contributed by atoms with Crippen molar-refractivity contribution in [1.82, 2.24) is 19.8 Å². The van der Waals surface area contributed by atoms with E-state index in [1.807, 2.05) is 6.07 Å². The molecule has 34 heavy (non-hydrogen) atoms. The van der Waals surface area contributed by atoms with E-state index in [-0.39, 0.29) is 48.8 Å². The van der Waals surface area contributed by atoms with Gasteiger partial charge in [-0.2, -0.15) is 0 Å². The second-order valence-corrected chi connectivity index (χ2v) is 8.41. The van der Waals surface area contributed by atoms with Gasteiger partial charge in [0, 0.05) is 32.0 Å². The Hall–Kier alpha value is -3.02. The Balaban J connectivity index is 1.37. The summed E-state index contributed by atoms with van der Waals surface area (Å²) in [4.78, 5) is 23.9. The Kier molecular flexibility index (Phi) is 7.15. The summed E-state index contributed by atoms with van der Waals surface area (Å²) in [7, 11) is 0. The number of nitrogens with one attached hydrogen (secondary N) is 1. The van der Waals surface area contributed by atoms with Crippen molar-refractivity contribution in [3.05, 3.63) is 47.3 Å². The first kappa shape index (κ1) is 24.1. The van der Waals surface area contributed by atoms with Gasteiger partial charge in [-0.3, -0.25) is 9.69 Å². The van der Waals surface area contributed by atoms with Gasteiger partial charge in [-0.05, 0) is 48.4 Å². The van der Waals surface area contributed by atoms with Crippen molar-refractivity contribution in [1.29, 1.82) is 0 Å². The van der Waals surface area contributed by atoms with E-state index in [1.54, 1.807) is 0 Å². The Morgan fingerprint density at radius 1 is 1.15 bits per heavy atom. The number of alkyl halides is 5. The molecule has 1 amide bonds. The number of nitrogens with zero attached hydrogens (tertiary/aromatic N) is 4. The van der Waals surface area contributed by atoms with Gasteiger partial charge in [0.05, 0.1) is 18.8 Å². The van der Waals surface area contributed by atoms with Crippen LogP contribution in [-0.4, -0.2) is 64.8 Å². The third kappa shape index (κ3) is 6.75. The zero-order valence-corrected chi connectivity index (χ0v) is 18.2. The highest BCUT2D eigenvalue weighted by Gasteiger charge is 2.32. The summed E-state index contributed by atoms with van der Waals surface area (Å²) in [5, 5.41) is 2.94. The first-order valence-electron chi connectivity index (χ1n) is 10.9. The Labute approximate surface area is 192 Å². The van der Waals surface area contributed by atoms with Gasteiger partial charge in [0.15, 0.2) is 0 Å². The quantitative estimate of drug-likeness (QED) is 0.565. The lowest BCUT2D eigenvalue weighted by Gasteiger charge is -2.35. The van der Waals surface area contributed by atoms with Crippen LogP contribution in [0.2, 0.25) is 0 Å². The van der Waals surface area contributed by atoms with Crippen molar-refractivity contribution in [3.63, 3.8) is 0 Å². The molecule has 0 radical (unpaired) electrons. The Morgan fingerprint density at radius 3 is 2.53 bits per heavy atom. The standard InChI is InChI=1S/C22H24F5N5O2/c23-19(24)12-31-4-1-5-32(13-31)20(33)17-10-29-21(30-11-17)28-9-14-6-16(15-2-3-15)8-18(7-14)34-22(25,26)27/h6-8,10-11,15,19H,1-5,9,12-13H2,(H,28,29,30). The van der Waals surface area contributed by atoms with E-state index in [2.05, 4.69) is 20.0 Å². The zero-order valence-electron chi connectivity index (χ0n) is 18.2. The molecule has 0 unspecified atom stereocenters. The number of anilines is 1. The van der Waals surface area contributed by atoms with E-state index in [0.29, 0.717) is 25.1 Å². The molecule has 2 heterocycles. The van der Waals surface area contributed by atoms with Gasteiger partial charge in [-0.25, -0.2) is 18.7 Å². The summed E-state index contributed by atoms with van der Waals surface area (Å²) >= 11 is 0. The van der Waals surface area contributed by atoms with E-state index in [0.717, 1.165) is 18.4 Å². The molecule has 0 atom stereocenters. The number of benzene rings is 1. The van der Waals surface area contributed by atoms with E-state index in [9.17, 15) is 26.7 Å². The fourth-order valence-corrected chi connectivity index (χ4v) is 3.90. The van der Waals surface area contributed by atoms with Crippen molar-refractivity contribution in [2.75, 3.05) is 31.6 Å². The van der Waals surface area contributed by atoms with Gasteiger partial charge in [0.25, 0.3) is 12.3 Å². The van der Waals surface area contributed by atoms with Crippen LogP contribution in [0.1, 0.15) is 46.7 Å². The molecule has 2 fully saturated rings. The molecule has 1 aromatic carbocycles. The molecule has 7 nitrogen and oxygen atoms in total. The van der Waals surface area contributed by atoms with E-state index in [4.69, 9.17) is 0 Å². The van der Waals surface area contributed by atoms with Crippen LogP contribution in [0.3, 0.4) is 0 Å². The summed E-state index contributed by atoms with van der Waals surface area (Å²) in [6.07, 6.45) is -2.12. The van der Waals surface area contributed by atoms with Crippen LogP contribution in [-0.2, 0) is 6.54 Å². The average Bonchev–Trinajstić information content (AvgIpc) is 3.62. The molecule has 1 aliphatic carbocycles. The van der Waals surface area contributed by atoms with Crippen LogP contribution in [0.4, 0.5) is 27.9 Å². The van der Waals surface area contributed by atoms with Gasteiger partial charge in [0.1, 0.15) is 5.75 Å². The fraction of sp³-hybridized carbons (Fsp3) is 0.500. The van der Waals surface area contributed by atoms with Crippen LogP contribution in [0.5, 0.6) is 5.75 Å². The highest BCUT2D eigenvalue weighted by Crippen LogP contribution is 2.42. The number of ether oxygens (including phenoxy) is 1. The molecular weight excluding hydrogens is 461 g/mol. The van der Waals surface area contributed by atoms with E-state index in [1.165, 1.54) is 34.3 Å². The van der Waals surface area contributed by atoms with Crippen LogP contribution in [0.25, 0.3) is 0 Å². The Morgan fingerprint density at radius 2 is 1.88 bits per heavy atom. The minimum atomic E-state index is -4.77. The number of hydrogen-bond donors (Lipinski definition) is 1. The summed E-state index contributed by atoms with van der Waals surface area (Å²) in [5.41, 5.74) is 1.60. The second kappa shape index (κ2) is 10.1. The monoisotopic (exact) mass is 485 g/mol. The van der Waals surface area contributed by atoms with Crippen molar-refractivity contribution < 1.29 is 31.5 Å². The molecule has 2 aromatic rings. The molecule has 1 N–H and O–H groups in total. The lowest BCUT2D eigenvalue weighted by molar-refractivity contribution is -0.274. The third-order valence-electron chi connectivity index (χ3n) is 5.58. The fourth-order valence-electron chi connectivity index (χ4n) is 3.90. The van der Waals surface area contributed by atoms with Crippen molar-refractivity contribution in [3.8, 4) is 5.75 Å². The number of amides is 1. The van der Waals surface area contributed by atoms with Gasteiger partial charge >= 0.3 is 6.36 Å². The molecule has 184 valence electrons. The average molecular weight is 485 g/mol. The SMILES string of the molecule is O=C(c1cnc(NCc2cc(OC(F)(F)F)cc(C3CC3)c2)nc1)N1CCCN(CC(F)F)C1. The predicted molar refractivity (Wildman–Crippen MR) is 113 cm³/mol. The molecule has 0 bridgehead atoms. The zero-order chi connectivity index (χ0) is 24.3. The number of carbonyl (C=O) groups excluding carboxylic acids is 1. The summed E-state index contributed by atoms with van der Waals surface area (Å²) in [5.74, 6) is -0.178. The smallest absolute Gasteiger partial charge is 0.406 e. The first-order chi connectivity index (χ1) is 16.2. The first-order valence-corrected chi connectivity index (χ1v) is 10.9. The number of aromatic nitrogens is 2. The normalized spacial score (nSPS) is 17.2. The van der Waals surface area contributed by atoms with Gasteiger partial charge < -0.3 is 15.0 Å². The number of rotatable bonds is 8. The third-order valence-corrected chi connectivity index (χ3v) is 5.58. The van der Waals surface area contributed by atoms with Crippen LogP contribution in [0.15, 0.2) is 30.6 Å². The van der Waals surface area contributed by atoms with Crippen molar-refractivity contribution in [2.24, 2.45) is 0 Å². The minimum Gasteiger partial charge on any atom is -0.406 e. The highest BCUT2D eigenvalue weighted by atomic mass is 19.4. The molecule has 1 saturated carbocycles. The second-order valence-electron chi connectivity index (χ2n) is 8.41. The molecule has 1 aromatic heterocycles. The van der Waals surface area contributed by atoms with Crippen LogP contribution in [0, 0.1) is 0 Å². The minimum absolute atomic E-state index is 0.114. The summed E-state index contributed by atoms with van der Waals surface area (Å²) < 4.78 is 67.4. The van der Waals surface area contributed by atoms with Gasteiger partial charge in [-0.15, -0.1) is 13.2 Å². The van der Waals surface area contributed by atoms with E-state index < -0.39 is 12.8 Å². The maximum Gasteiger partial charge on any atom is 0.573 e. The molecule has 1 saturated heterocycles. The molecule has 12 heteroatoms. The largest absolute Gasteiger partial charge is 0.573 e. The van der Waals surface area contributed by atoms with Gasteiger partial charge in [0.2, 0.25) is 5.95 Å². The number of carbonyl (C=O) groups is 1. The van der Waals surface area contributed by atoms with Crippen molar-refractivity contribution in [2.45, 2.75) is 44.5 Å². The van der Waals surface area contributed by atoms with Crippen LogP contribution < -0.4 is 10.1 Å². The number of hydrogen-bond acceptors (Lipinski definition) is 6. The molecule has 2 aliphatic rings. The molecule has 4 rings (SSSR count). The molecule has 0 spiro atoms. The lowest BCUT2D eigenvalue weighted by atomic mass is 10.1. The predicted octanol–water partition coefficient (Wildman–Crippen LogP) is 4.24. The maximum atomic E-state index is 12.7. The summed E-state index contributed by atoms with van der Waals surface area (Å²) in [6, 6.07) is 4.55. The summed E-state index contributed by atoms with van der Waals surface area (Å²) in [6.45, 7) is 0.851.